The monoisotopic (exact) mass is 130 g/mol. The van der Waals surface area contributed by atoms with Crippen LogP contribution in [0.5, 0.6) is 0 Å². The molecule has 54 valence electrons. The largest absolute Gasteiger partial charge is 0.326 e. The quantitative estimate of drug-likeness (QED) is 0.492. The second kappa shape index (κ2) is 3.15. The molecule has 0 aromatic heterocycles. The molecule has 1 saturated heterocycles. The van der Waals surface area contributed by atoms with Gasteiger partial charge in [0.2, 0.25) is 0 Å². The Hall–Kier alpha value is -0.120. The maximum absolute atomic E-state index is 9.01. The first kappa shape index (κ1) is 6.99. The summed E-state index contributed by atoms with van der Waals surface area (Å²) in [5.41, 5.74) is 5.62. The Labute approximate surface area is 55.4 Å². The molecule has 3 N–H and O–H groups in total. The van der Waals surface area contributed by atoms with E-state index in [-0.39, 0.29) is 6.04 Å². The summed E-state index contributed by atoms with van der Waals surface area (Å²) < 4.78 is 0. The van der Waals surface area contributed by atoms with E-state index >= 15 is 0 Å². The summed E-state index contributed by atoms with van der Waals surface area (Å²) in [6.07, 6.45) is 3.28. The normalized spacial score (nSPS) is 32.0. The van der Waals surface area contributed by atoms with Crippen LogP contribution >= 0.6 is 0 Å². The van der Waals surface area contributed by atoms with Crippen LogP contribution in [0.15, 0.2) is 0 Å². The Kier molecular flexibility index (Phi) is 2.45. The van der Waals surface area contributed by atoms with Crippen molar-refractivity contribution in [3.8, 4) is 0 Å². The highest BCUT2D eigenvalue weighted by Crippen LogP contribution is 2.06. The summed E-state index contributed by atoms with van der Waals surface area (Å²) >= 11 is 0. The van der Waals surface area contributed by atoms with E-state index in [1.54, 1.807) is 0 Å². The van der Waals surface area contributed by atoms with Crippen molar-refractivity contribution in [3.05, 3.63) is 0 Å². The summed E-state index contributed by atoms with van der Waals surface area (Å²) in [6, 6.07) is 0.178. The predicted molar refractivity (Wildman–Crippen MR) is 35.2 cm³/mol. The fraction of sp³-hybridized carbons (Fsp3) is 1.00. The Bertz CT molecular complexity index is 77.1. The fourth-order valence-corrected chi connectivity index (χ4v) is 1.15. The van der Waals surface area contributed by atoms with E-state index in [0.29, 0.717) is 6.54 Å². The van der Waals surface area contributed by atoms with Crippen LogP contribution in [0, 0.1) is 0 Å². The van der Waals surface area contributed by atoms with Gasteiger partial charge in [0.05, 0.1) is 0 Å². The van der Waals surface area contributed by atoms with E-state index in [0.717, 1.165) is 25.8 Å². The van der Waals surface area contributed by atoms with Crippen molar-refractivity contribution >= 4 is 0 Å². The number of nitrogens with two attached hydrogens (primary N) is 1. The van der Waals surface area contributed by atoms with Crippen LogP contribution in [-0.2, 0) is 0 Å². The van der Waals surface area contributed by atoms with Gasteiger partial charge in [-0.2, -0.15) is 5.06 Å². The lowest BCUT2D eigenvalue weighted by atomic mass is 10.2. The first-order valence-electron chi connectivity index (χ1n) is 3.48. The maximum atomic E-state index is 9.01. The molecular formula is C6H14N2O. The maximum Gasteiger partial charge on any atom is 0.0389 e. The molecular weight excluding hydrogens is 116 g/mol. The molecule has 9 heavy (non-hydrogen) atoms. The van der Waals surface area contributed by atoms with Crippen LogP contribution in [0.25, 0.3) is 0 Å². The number of hydrogen-bond acceptors (Lipinski definition) is 3. The fourth-order valence-electron chi connectivity index (χ4n) is 1.15. The molecule has 3 heteroatoms. The third-order valence-electron chi connectivity index (χ3n) is 1.69. The van der Waals surface area contributed by atoms with E-state index in [2.05, 4.69) is 0 Å². The van der Waals surface area contributed by atoms with Crippen LogP contribution in [0.2, 0.25) is 0 Å². The van der Waals surface area contributed by atoms with Crippen LogP contribution in [0.3, 0.4) is 0 Å². The van der Waals surface area contributed by atoms with E-state index in [9.17, 15) is 0 Å². The van der Waals surface area contributed by atoms with E-state index in [4.69, 9.17) is 10.9 Å². The van der Waals surface area contributed by atoms with Gasteiger partial charge in [-0.05, 0) is 12.8 Å². The lowest BCUT2D eigenvalue weighted by molar-refractivity contribution is -0.0899. The van der Waals surface area contributed by atoms with Crippen molar-refractivity contribution < 1.29 is 5.21 Å². The first-order valence-corrected chi connectivity index (χ1v) is 3.48. The van der Waals surface area contributed by atoms with Crippen molar-refractivity contribution in [2.45, 2.75) is 25.3 Å². The van der Waals surface area contributed by atoms with Gasteiger partial charge in [-0.1, -0.05) is 6.42 Å². The predicted octanol–water partition coefficient (Wildman–Crippen LogP) is 0.189. The molecule has 0 radical (unpaired) electrons. The van der Waals surface area contributed by atoms with Gasteiger partial charge in [0.15, 0.2) is 0 Å². The smallest absolute Gasteiger partial charge is 0.0389 e. The number of rotatable bonds is 0. The van der Waals surface area contributed by atoms with Crippen LogP contribution in [0.4, 0.5) is 0 Å². The molecule has 0 amide bonds. The molecule has 0 aromatic rings. The van der Waals surface area contributed by atoms with E-state index in [1.807, 2.05) is 0 Å². The first-order chi connectivity index (χ1) is 4.29. The molecule has 0 bridgehead atoms. The van der Waals surface area contributed by atoms with Gasteiger partial charge in [-0.25, -0.2) is 0 Å². The SMILES string of the molecule is N[C@H]1CCCCN(O)C1. The van der Waals surface area contributed by atoms with Gasteiger partial charge in [0.1, 0.15) is 0 Å². The zero-order valence-electron chi connectivity index (χ0n) is 5.58. The molecule has 3 nitrogen and oxygen atoms in total. The highest BCUT2D eigenvalue weighted by atomic mass is 16.5. The molecule has 0 unspecified atom stereocenters. The number of nitrogens with zero attached hydrogens (tertiary/aromatic N) is 1. The molecule has 1 heterocycles. The Morgan fingerprint density at radius 1 is 1.44 bits per heavy atom. The molecule has 1 fully saturated rings. The molecule has 0 aromatic carbocycles. The van der Waals surface area contributed by atoms with Crippen molar-refractivity contribution in [1.29, 1.82) is 0 Å². The third kappa shape index (κ3) is 2.30. The van der Waals surface area contributed by atoms with Crippen LogP contribution in [-0.4, -0.2) is 29.4 Å². The lowest BCUT2D eigenvalue weighted by Gasteiger charge is -2.13. The molecule has 1 aliphatic heterocycles. The number of hydroxylamine groups is 2. The highest BCUT2D eigenvalue weighted by Gasteiger charge is 2.11. The van der Waals surface area contributed by atoms with E-state index < -0.39 is 0 Å². The van der Waals surface area contributed by atoms with Gasteiger partial charge >= 0.3 is 0 Å². The zero-order chi connectivity index (χ0) is 6.69. The second-order valence-electron chi connectivity index (χ2n) is 2.67. The van der Waals surface area contributed by atoms with Crippen LogP contribution < -0.4 is 5.73 Å². The van der Waals surface area contributed by atoms with Crippen molar-refractivity contribution in [3.63, 3.8) is 0 Å². The average molecular weight is 130 g/mol. The van der Waals surface area contributed by atoms with Gasteiger partial charge in [-0.15, -0.1) is 0 Å². The average Bonchev–Trinajstić information content (AvgIpc) is 1.93. The highest BCUT2D eigenvalue weighted by molar-refractivity contribution is 4.67. The second-order valence-corrected chi connectivity index (χ2v) is 2.67. The Balaban J connectivity index is 2.29. The summed E-state index contributed by atoms with van der Waals surface area (Å²) in [5, 5.41) is 10.3. The minimum atomic E-state index is 0.178. The zero-order valence-corrected chi connectivity index (χ0v) is 5.58. The number of hydrogen-bond donors (Lipinski definition) is 2. The Morgan fingerprint density at radius 3 is 3.00 bits per heavy atom. The van der Waals surface area contributed by atoms with Gasteiger partial charge < -0.3 is 10.9 Å². The third-order valence-corrected chi connectivity index (χ3v) is 1.69. The summed E-state index contributed by atoms with van der Waals surface area (Å²) in [4.78, 5) is 0. The minimum absolute atomic E-state index is 0.178. The summed E-state index contributed by atoms with van der Waals surface area (Å²) in [7, 11) is 0. The van der Waals surface area contributed by atoms with Crippen molar-refractivity contribution in [1.82, 2.24) is 5.06 Å². The molecule has 0 saturated carbocycles. The molecule has 1 aliphatic rings. The van der Waals surface area contributed by atoms with Crippen LogP contribution in [0.1, 0.15) is 19.3 Å². The van der Waals surface area contributed by atoms with Crippen molar-refractivity contribution in [2.24, 2.45) is 5.73 Å². The summed E-state index contributed by atoms with van der Waals surface area (Å²) in [5.74, 6) is 0. The molecule has 1 atom stereocenters. The van der Waals surface area contributed by atoms with Gasteiger partial charge in [-0.3, -0.25) is 0 Å². The van der Waals surface area contributed by atoms with Crippen molar-refractivity contribution in [2.75, 3.05) is 13.1 Å². The Morgan fingerprint density at radius 2 is 2.22 bits per heavy atom. The van der Waals surface area contributed by atoms with Gasteiger partial charge in [0, 0.05) is 19.1 Å². The minimum Gasteiger partial charge on any atom is -0.326 e. The molecule has 1 rings (SSSR count). The van der Waals surface area contributed by atoms with Gasteiger partial charge in [0.25, 0.3) is 0 Å². The standard InChI is InChI=1S/C6H14N2O/c7-6-3-1-2-4-8(9)5-6/h6,9H,1-5,7H2/t6-/m0/s1. The lowest BCUT2D eigenvalue weighted by Crippen LogP contribution is -2.33. The molecule has 0 aliphatic carbocycles. The van der Waals surface area contributed by atoms with E-state index in [1.165, 1.54) is 5.06 Å². The topological polar surface area (TPSA) is 49.5 Å². The summed E-state index contributed by atoms with van der Waals surface area (Å²) in [6.45, 7) is 1.42. The molecule has 0 spiro atoms.